The molecule has 1 fully saturated rings. The van der Waals surface area contributed by atoms with Gasteiger partial charge in [-0.3, -0.25) is 9.59 Å². The normalized spacial score (nSPS) is 17.5. The highest BCUT2D eigenvalue weighted by atomic mass is 16.6. The molecule has 2 aliphatic heterocycles. The molecule has 2 aliphatic rings. The number of carbonyl (C=O) groups excluding carboxylic acids is 2. The molecule has 162 valence electrons. The van der Waals surface area contributed by atoms with Crippen LogP contribution in [0.1, 0.15) is 23.6 Å². The number of fused-ring (bicyclic) bond motifs is 1. The van der Waals surface area contributed by atoms with Gasteiger partial charge < -0.3 is 19.7 Å². The summed E-state index contributed by atoms with van der Waals surface area (Å²) in [6.07, 6.45) is 0.177. The number of carbonyl (C=O) groups is 2. The quantitative estimate of drug-likeness (QED) is 0.673. The molecule has 3 aromatic rings. The van der Waals surface area contributed by atoms with Gasteiger partial charge in [0.2, 0.25) is 11.8 Å². The molecule has 3 aromatic carbocycles. The van der Waals surface area contributed by atoms with Crippen LogP contribution in [-0.4, -0.2) is 31.6 Å². The molecule has 6 nitrogen and oxygen atoms in total. The average Bonchev–Trinajstić information content (AvgIpc) is 3.25. The van der Waals surface area contributed by atoms with Gasteiger partial charge in [-0.2, -0.15) is 0 Å². The molecule has 6 heteroatoms. The molecule has 0 bridgehead atoms. The molecular formula is C26H24N2O4. The van der Waals surface area contributed by atoms with E-state index in [9.17, 15) is 9.59 Å². The van der Waals surface area contributed by atoms with Gasteiger partial charge in [0.1, 0.15) is 13.2 Å². The second-order valence-electron chi connectivity index (χ2n) is 8.00. The maximum absolute atomic E-state index is 13.2. The van der Waals surface area contributed by atoms with Crippen molar-refractivity contribution in [2.45, 2.75) is 12.5 Å². The Morgan fingerprint density at radius 3 is 2.16 bits per heavy atom. The summed E-state index contributed by atoms with van der Waals surface area (Å²) in [5.41, 5.74) is 2.72. The fourth-order valence-corrected chi connectivity index (χ4v) is 4.24. The van der Waals surface area contributed by atoms with E-state index in [4.69, 9.17) is 9.47 Å². The lowest BCUT2D eigenvalue weighted by molar-refractivity contribution is -0.126. The number of amides is 2. The van der Waals surface area contributed by atoms with Crippen molar-refractivity contribution in [1.82, 2.24) is 5.32 Å². The lowest BCUT2D eigenvalue weighted by Gasteiger charge is -2.23. The molecule has 1 N–H and O–H groups in total. The molecular weight excluding hydrogens is 404 g/mol. The molecule has 1 atom stereocenters. The van der Waals surface area contributed by atoms with E-state index < -0.39 is 5.92 Å². The minimum atomic E-state index is -0.425. The lowest BCUT2D eigenvalue weighted by Crippen LogP contribution is -2.36. The number of hydrogen-bond donors (Lipinski definition) is 1. The van der Waals surface area contributed by atoms with E-state index in [2.05, 4.69) is 5.32 Å². The predicted octanol–water partition coefficient (Wildman–Crippen LogP) is 3.72. The number of anilines is 1. The van der Waals surface area contributed by atoms with Crippen molar-refractivity contribution in [2.75, 3.05) is 24.7 Å². The third-order valence-electron chi connectivity index (χ3n) is 5.89. The molecule has 0 unspecified atom stereocenters. The summed E-state index contributed by atoms with van der Waals surface area (Å²) in [4.78, 5) is 27.6. The third-order valence-corrected chi connectivity index (χ3v) is 5.89. The van der Waals surface area contributed by atoms with Gasteiger partial charge in [-0.15, -0.1) is 0 Å². The van der Waals surface area contributed by atoms with Gasteiger partial charge in [0.25, 0.3) is 0 Å². The van der Waals surface area contributed by atoms with Crippen LogP contribution in [0.5, 0.6) is 11.5 Å². The molecule has 0 spiro atoms. The fraction of sp³-hybridized carbons (Fsp3) is 0.231. The van der Waals surface area contributed by atoms with Crippen LogP contribution in [0.3, 0.4) is 0 Å². The zero-order chi connectivity index (χ0) is 21.9. The van der Waals surface area contributed by atoms with Crippen LogP contribution >= 0.6 is 0 Å². The van der Waals surface area contributed by atoms with E-state index in [1.54, 1.807) is 4.90 Å². The van der Waals surface area contributed by atoms with Crippen LogP contribution in [-0.2, 0) is 9.59 Å². The Labute approximate surface area is 186 Å². The van der Waals surface area contributed by atoms with Crippen LogP contribution in [0, 0.1) is 5.92 Å². The Bertz CT molecular complexity index is 1080. The minimum absolute atomic E-state index is 0.0715. The summed E-state index contributed by atoms with van der Waals surface area (Å²) in [5, 5.41) is 3.17. The van der Waals surface area contributed by atoms with Crippen LogP contribution in [0.4, 0.5) is 5.69 Å². The summed E-state index contributed by atoms with van der Waals surface area (Å²) in [6, 6.07) is 24.9. The largest absolute Gasteiger partial charge is 0.486 e. The monoisotopic (exact) mass is 428 g/mol. The van der Waals surface area contributed by atoms with Crippen LogP contribution in [0.15, 0.2) is 78.9 Å². The molecule has 2 heterocycles. The maximum atomic E-state index is 13.2. The Kier molecular flexibility index (Phi) is 5.50. The van der Waals surface area contributed by atoms with Crippen molar-refractivity contribution in [3.05, 3.63) is 90.0 Å². The SMILES string of the molecule is O=C(NC(c1ccccc1)c1ccccc1)[C@H]1CC(=O)N(c2ccc3c(c2)OCCO3)C1. The predicted molar refractivity (Wildman–Crippen MR) is 121 cm³/mol. The van der Waals surface area contributed by atoms with Crippen LogP contribution in [0.25, 0.3) is 0 Å². The highest BCUT2D eigenvalue weighted by Crippen LogP contribution is 2.36. The van der Waals surface area contributed by atoms with E-state index in [0.29, 0.717) is 31.3 Å². The first-order valence-electron chi connectivity index (χ1n) is 10.8. The molecule has 2 amide bonds. The lowest BCUT2D eigenvalue weighted by atomic mass is 9.97. The number of ether oxygens (including phenoxy) is 2. The maximum Gasteiger partial charge on any atom is 0.227 e. The summed E-state index contributed by atoms with van der Waals surface area (Å²) < 4.78 is 11.2. The third kappa shape index (κ3) is 4.04. The van der Waals surface area contributed by atoms with Gasteiger partial charge in [-0.05, 0) is 23.3 Å². The summed E-state index contributed by atoms with van der Waals surface area (Å²) in [7, 11) is 0. The van der Waals surface area contributed by atoms with E-state index >= 15 is 0 Å². The number of benzene rings is 3. The van der Waals surface area contributed by atoms with Gasteiger partial charge >= 0.3 is 0 Å². The van der Waals surface area contributed by atoms with Crippen molar-refractivity contribution in [2.24, 2.45) is 5.92 Å². The summed E-state index contributed by atoms with van der Waals surface area (Å²) >= 11 is 0. The fourth-order valence-electron chi connectivity index (χ4n) is 4.24. The molecule has 0 radical (unpaired) electrons. The first-order valence-corrected chi connectivity index (χ1v) is 10.8. The van der Waals surface area contributed by atoms with Crippen molar-refractivity contribution >= 4 is 17.5 Å². The molecule has 1 saturated heterocycles. The Morgan fingerprint density at radius 2 is 1.50 bits per heavy atom. The second kappa shape index (κ2) is 8.75. The van der Waals surface area contributed by atoms with E-state index in [1.807, 2.05) is 78.9 Å². The average molecular weight is 428 g/mol. The van der Waals surface area contributed by atoms with Crippen molar-refractivity contribution in [3.63, 3.8) is 0 Å². The molecule has 0 aliphatic carbocycles. The topological polar surface area (TPSA) is 67.9 Å². The second-order valence-corrected chi connectivity index (χ2v) is 8.00. The first kappa shape index (κ1) is 20.1. The van der Waals surface area contributed by atoms with Gasteiger partial charge in [-0.25, -0.2) is 0 Å². The van der Waals surface area contributed by atoms with Gasteiger partial charge in [-0.1, -0.05) is 60.7 Å². The number of hydrogen-bond acceptors (Lipinski definition) is 4. The standard InChI is InChI=1S/C26H24N2O4/c29-24-15-20(17-28(24)21-11-12-22-23(16-21)32-14-13-31-22)26(30)27-25(18-7-3-1-4-8-18)19-9-5-2-6-10-19/h1-12,16,20,25H,13-15,17H2,(H,27,30)/t20-/m0/s1. The van der Waals surface area contributed by atoms with E-state index in [0.717, 1.165) is 16.8 Å². The van der Waals surface area contributed by atoms with Gasteiger partial charge in [0.15, 0.2) is 11.5 Å². The molecule has 0 aromatic heterocycles. The highest BCUT2D eigenvalue weighted by molar-refractivity contribution is 6.00. The summed E-state index contributed by atoms with van der Waals surface area (Å²) in [5.74, 6) is 0.677. The van der Waals surface area contributed by atoms with Crippen LogP contribution in [0.2, 0.25) is 0 Å². The summed E-state index contributed by atoms with van der Waals surface area (Å²) in [6.45, 7) is 1.33. The molecule has 5 rings (SSSR count). The first-order chi connectivity index (χ1) is 15.7. The van der Waals surface area contributed by atoms with Gasteiger partial charge in [0.05, 0.1) is 12.0 Å². The zero-order valence-corrected chi connectivity index (χ0v) is 17.6. The Hall–Kier alpha value is -3.80. The van der Waals surface area contributed by atoms with E-state index in [-0.39, 0.29) is 24.3 Å². The Morgan fingerprint density at radius 1 is 0.875 bits per heavy atom. The minimum Gasteiger partial charge on any atom is -0.486 e. The Balaban J connectivity index is 1.34. The van der Waals surface area contributed by atoms with Crippen molar-refractivity contribution < 1.29 is 19.1 Å². The molecule has 0 saturated carbocycles. The number of rotatable bonds is 5. The van der Waals surface area contributed by atoms with Crippen LogP contribution < -0.4 is 19.7 Å². The van der Waals surface area contributed by atoms with Gasteiger partial charge in [0, 0.05) is 24.7 Å². The highest BCUT2D eigenvalue weighted by Gasteiger charge is 2.36. The zero-order valence-electron chi connectivity index (χ0n) is 17.6. The van der Waals surface area contributed by atoms with Crippen molar-refractivity contribution in [1.29, 1.82) is 0 Å². The number of nitrogens with zero attached hydrogens (tertiary/aromatic N) is 1. The van der Waals surface area contributed by atoms with Crippen molar-refractivity contribution in [3.8, 4) is 11.5 Å². The number of nitrogens with one attached hydrogen (secondary N) is 1. The van der Waals surface area contributed by atoms with E-state index in [1.165, 1.54) is 0 Å². The smallest absolute Gasteiger partial charge is 0.227 e. The molecule has 32 heavy (non-hydrogen) atoms.